The Balaban J connectivity index is 1.26. The molecule has 0 spiro atoms. The molecule has 1 N–H and O–H groups in total. The largest absolute Gasteiger partial charge is 0.339 e. The fourth-order valence-electron chi connectivity index (χ4n) is 4.60. The molecule has 0 radical (unpaired) electrons. The van der Waals surface area contributed by atoms with Gasteiger partial charge in [0.1, 0.15) is 0 Å². The number of rotatable bonds is 4. The van der Waals surface area contributed by atoms with Crippen molar-refractivity contribution in [3.63, 3.8) is 0 Å². The molecule has 1 atom stereocenters. The number of carbonyl (C=O) groups is 3. The molecule has 3 aromatic carbocycles. The van der Waals surface area contributed by atoms with Crippen molar-refractivity contribution in [2.24, 2.45) is 5.92 Å². The van der Waals surface area contributed by atoms with E-state index >= 15 is 0 Å². The summed E-state index contributed by atoms with van der Waals surface area (Å²) in [5.41, 5.74) is 2.10. The quantitative estimate of drug-likeness (QED) is 0.683. The Morgan fingerprint density at radius 3 is 2.38 bits per heavy atom. The van der Waals surface area contributed by atoms with Crippen LogP contribution in [0, 0.1) is 5.92 Å². The predicted octanol–water partition coefficient (Wildman–Crippen LogP) is 4.07. The minimum absolute atomic E-state index is 0.0347. The molecule has 0 aliphatic carbocycles. The lowest BCUT2D eigenvalue weighted by molar-refractivity contribution is -0.122. The zero-order valence-corrected chi connectivity index (χ0v) is 17.8. The third-order valence-corrected chi connectivity index (χ3v) is 6.35. The summed E-state index contributed by atoms with van der Waals surface area (Å²) in [6, 6.07) is 20.8. The highest BCUT2D eigenvalue weighted by Crippen LogP contribution is 2.32. The van der Waals surface area contributed by atoms with Crippen molar-refractivity contribution in [3.8, 4) is 0 Å². The van der Waals surface area contributed by atoms with Gasteiger partial charge in [-0.05, 0) is 48.6 Å². The fourth-order valence-corrected chi connectivity index (χ4v) is 4.60. The van der Waals surface area contributed by atoms with E-state index in [4.69, 9.17) is 0 Å². The Hall–Kier alpha value is -3.67. The molecule has 6 nitrogen and oxygen atoms in total. The van der Waals surface area contributed by atoms with Gasteiger partial charge in [-0.1, -0.05) is 36.4 Å². The highest BCUT2D eigenvalue weighted by atomic mass is 16.2. The third-order valence-electron chi connectivity index (χ3n) is 6.35. The van der Waals surface area contributed by atoms with Gasteiger partial charge in [-0.15, -0.1) is 0 Å². The molecule has 2 fully saturated rings. The van der Waals surface area contributed by atoms with E-state index in [1.807, 2.05) is 47.4 Å². The van der Waals surface area contributed by atoms with Gasteiger partial charge in [0.2, 0.25) is 11.8 Å². The molecule has 3 aromatic rings. The van der Waals surface area contributed by atoms with Crippen molar-refractivity contribution in [2.45, 2.75) is 19.3 Å². The predicted molar refractivity (Wildman–Crippen MR) is 125 cm³/mol. The monoisotopic (exact) mass is 427 g/mol. The number of hydrogen-bond donors (Lipinski definition) is 1. The summed E-state index contributed by atoms with van der Waals surface area (Å²) in [5.74, 6) is -0.618. The molecular formula is C26H25N3O3. The summed E-state index contributed by atoms with van der Waals surface area (Å²) in [4.78, 5) is 41.7. The van der Waals surface area contributed by atoms with Crippen molar-refractivity contribution in [1.29, 1.82) is 0 Å². The van der Waals surface area contributed by atoms with Gasteiger partial charge >= 0.3 is 0 Å². The molecule has 3 amide bonds. The van der Waals surface area contributed by atoms with Crippen molar-refractivity contribution in [3.05, 3.63) is 72.3 Å². The topological polar surface area (TPSA) is 69.7 Å². The molecule has 2 aliphatic rings. The van der Waals surface area contributed by atoms with Crippen LogP contribution in [0.25, 0.3) is 10.8 Å². The van der Waals surface area contributed by atoms with Crippen molar-refractivity contribution >= 4 is 39.9 Å². The molecule has 2 saturated heterocycles. The molecule has 5 rings (SSSR count). The zero-order valence-electron chi connectivity index (χ0n) is 17.8. The number of nitrogens with one attached hydrogen (secondary N) is 1. The minimum atomic E-state index is -0.424. The molecule has 0 unspecified atom stereocenters. The Morgan fingerprint density at radius 1 is 0.875 bits per heavy atom. The summed E-state index contributed by atoms with van der Waals surface area (Å²) in [6.45, 7) is 1.96. The van der Waals surface area contributed by atoms with E-state index in [9.17, 15) is 14.4 Å². The van der Waals surface area contributed by atoms with Gasteiger partial charge < -0.3 is 15.1 Å². The number of anilines is 2. The number of benzene rings is 3. The van der Waals surface area contributed by atoms with E-state index in [1.54, 1.807) is 29.2 Å². The van der Waals surface area contributed by atoms with Crippen LogP contribution in [-0.4, -0.2) is 42.3 Å². The standard InChI is InChI=1S/C26H25N3O3/c30-24-16-20(17-29(24)23-9-5-7-18-6-1-2-8-22(18)23)25(31)27-21-12-10-19(11-13-21)26(32)28-14-3-4-15-28/h1-2,5-13,20H,3-4,14-17H2,(H,27,31)/t20-/m1/s1. The first-order valence-electron chi connectivity index (χ1n) is 11.1. The Labute approximate surface area is 186 Å². The van der Waals surface area contributed by atoms with Crippen LogP contribution >= 0.6 is 0 Å². The first-order valence-corrected chi connectivity index (χ1v) is 11.1. The van der Waals surface area contributed by atoms with E-state index in [0.717, 1.165) is 42.4 Å². The lowest BCUT2D eigenvalue weighted by atomic mass is 10.1. The SMILES string of the molecule is O=C(Nc1ccc(C(=O)N2CCCC2)cc1)[C@@H]1CC(=O)N(c2cccc3ccccc23)C1. The van der Waals surface area contributed by atoms with Crippen LogP contribution in [0.15, 0.2) is 66.7 Å². The molecule has 2 aliphatic heterocycles. The molecule has 162 valence electrons. The van der Waals surface area contributed by atoms with Crippen LogP contribution < -0.4 is 10.2 Å². The number of likely N-dealkylation sites (tertiary alicyclic amines) is 1. The molecule has 32 heavy (non-hydrogen) atoms. The van der Waals surface area contributed by atoms with Crippen molar-refractivity contribution < 1.29 is 14.4 Å². The van der Waals surface area contributed by atoms with E-state index in [1.165, 1.54) is 0 Å². The Bertz CT molecular complexity index is 1180. The van der Waals surface area contributed by atoms with Crippen LogP contribution in [0.2, 0.25) is 0 Å². The van der Waals surface area contributed by atoms with Gasteiger partial charge in [-0.2, -0.15) is 0 Å². The first-order chi connectivity index (χ1) is 15.6. The lowest BCUT2D eigenvalue weighted by Crippen LogP contribution is -2.28. The van der Waals surface area contributed by atoms with E-state index < -0.39 is 5.92 Å². The summed E-state index contributed by atoms with van der Waals surface area (Å²) in [5, 5.41) is 4.97. The summed E-state index contributed by atoms with van der Waals surface area (Å²) < 4.78 is 0. The second-order valence-corrected chi connectivity index (χ2v) is 8.47. The Kier molecular flexibility index (Phi) is 5.35. The Morgan fingerprint density at radius 2 is 1.59 bits per heavy atom. The highest BCUT2D eigenvalue weighted by molar-refractivity contribution is 6.08. The summed E-state index contributed by atoms with van der Waals surface area (Å²) in [7, 11) is 0. The second kappa shape index (κ2) is 8.46. The number of fused-ring (bicyclic) bond motifs is 1. The van der Waals surface area contributed by atoms with Crippen LogP contribution in [0.4, 0.5) is 11.4 Å². The average molecular weight is 428 g/mol. The number of nitrogens with zero attached hydrogens (tertiary/aromatic N) is 2. The molecule has 2 heterocycles. The van der Waals surface area contributed by atoms with Crippen LogP contribution in [0.1, 0.15) is 29.6 Å². The van der Waals surface area contributed by atoms with Crippen molar-refractivity contribution in [2.75, 3.05) is 29.9 Å². The van der Waals surface area contributed by atoms with Gasteiger partial charge in [0.15, 0.2) is 0 Å². The summed E-state index contributed by atoms with van der Waals surface area (Å²) >= 11 is 0. The zero-order chi connectivity index (χ0) is 22.1. The maximum absolute atomic E-state index is 12.9. The van der Waals surface area contributed by atoms with E-state index in [0.29, 0.717) is 17.8 Å². The average Bonchev–Trinajstić information content (AvgIpc) is 3.49. The number of hydrogen-bond acceptors (Lipinski definition) is 3. The van der Waals surface area contributed by atoms with Gasteiger partial charge in [0, 0.05) is 42.7 Å². The molecule has 0 bridgehead atoms. The maximum atomic E-state index is 12.9. The normalized spacial score (nSPS) is 18.4. The first kappa shape index (κ1) is 20.2. The molecule has 0 saturated carbocycles. The van der Waals surface area contributed by atoms with Crippen LogP contribution in [0.5, 0.6) is 0 Å². The lowest BCUT2D eigenvalue weighted by Gasteiger charge is -2.19. The maximum Gasteiger partial charge on any atom is 0.253 e. The van der Waals surface area contributed by atoms with Crippen molar-refractivity contribution in [1.82, 2.24) is 4.90 Å². The van der Waals surface area contributed by atoms with Gasteiger partial charge in [0.25, 0.3) is 5.91 Å². The molecule has 0 aromatic heterocycles. The number of amides is 3. The molecule has 6 heteroatoms. The smallest absolute Gasteiger partial charge is 0.253 e. The van der Waals surface area contributed by atoms with Gasteiger partial charge in [-0.25, -0.2) is 0 Å². The fraction of sp³-hybridized carbons (Fsp3) is 0.269. The van der Waals surface area contributed by atoms with E-state index in [-0.39, 0.29) is 24.1 Å². The third kappa shape index (κ3) is 3.84. The van der Waals surface area contributed by atoms with Crippen LogP contribution in [0.3, 0.4) is 0 Å². The number of carbonyl (C=O) groups excluding carboxylic acids is 3. The molecular weight excluding hydrogens is 402 g/mol. The minimum Gasteiger partial charge on any atom is -0.339 e. The van der Waals surface area contributed by atoms with Gasteiger partial charge in [-0.3, -0.25) is 14.4 Å². The summed E-state index contributed by atoms with van der Waals surface area (Å²) in [6.07, 6.45) is 2.28. The van der Waals surface area contributed by atoms with E-state index in [2.05, 4.69) is 5.32 Å². The highest BCUT2D eigenvalue weighted by Gasteiger charge is 2.35. The van der Waals surface area contributed by atoms with Gasteiger partial charge in [0.05, 0.1) is 11.6 Å². The van der Waals surface area contributed by atoms with Crippen LogP contribution in [-0.2, 0) is 9.59 Å². The second-order valence-electron chi connectivity index (χ2n) is 8.47.